The Morgan fingerprint density at radius 2 is 1.79 bits per heavy atom. The van der Waals surface area contributed by atoms with E-state index >= 15 is 0 Å². The van der Waals surface area contributed by atoms with Gasteiger partial charge in [0, 0.05) is 39.3 Å². The van der Waals surface area contributed by atoms with Gasteiger partial charge in [0.05, 0.1) is 0 Å². The maximum Gasteiger partial charge on any atom is 0.256 e. The van der Waals surface area contributed by atoms with E-state index in [-0.39, 0.29) is 11.3 Å². The molecule has 0 radical (unpaired) electrons. The largest absolute Gasteiger partial charge is 0.356 e. The molecule has 3 rings (SSSR count). The third kappa shape index (κ3) is 4.65. The fourth-order valence-corrected chi connectivity index (χ4v) is 4.04. The van der Waals surface area contributed by atoms with Crippen molar-refractivity contribution in [1.82, 2.24) is 0 Å². The smallest absolute Gasteiger partial charge is 0.256 e. The minimum absolute atomic E-state index is 0.0892. The third-order valence-electron chi connectivity index (χ3n) is 4.60. The average Bonchev–Trinajstić information content (AvgIpc) is 2.72. The lowest BCUT2D eigenvalue weighted by Crippen LogP contribution is -2.43. The van der Waals surface area contributed by atoms with E-state index in [1.54, 1.807) is 11.0 Å². The Kier molecular flexibility index (Phi) is 6.61. The van der Waals surface area contributed by atoms with Crippen molar-refractivity contribution < 1.29 is 9.53 Å². The molecule has 0 N–H and O–H groups in total. The molecule has 2 atom stereocenters. The van der Waals surface area contributed by atoms with E-state index < -0.39 is 12.2 Å². The summed E-state index contributed by atoms with van der Waals surface area (Å²) in [5, 5.41) is 1.16. The van der Waals surface area contributed by atoms with Crippen LogP contribution in [-0.2, 0) is 9.53 Å². The monoisotopic (exact) mass is 439 g/mol. The van der Waals surface area contributed by atoms with Gasteiger partial charge in [0.15, 0.2) is 0 Å². The van der Waals surface area contributed by atoms with Crippen LogP contribution in [0.3, 0.4) is 0 Å². The number of hydrogen-bond donors (Lipinski definition) is 0. The van der Waals surface area contributed by atoms with Gasteiger partial charge in [0.1, 0.15) is 12.2 Å². The number of ether oxygens (including phenoxy) is 1. The standard InChI is InChI=1S/C22H24Cl3NO2/c1-22(2,3)13-26-18-9-8-14(24)12-16(18)20(15-6-4-5-7-17(15)25)28-19(10-11-23)21(26)27/h4-9,12,19-20H,10-11,13H2,1-3H3. The summed E-state index contributed by atoms with van der Waals surface area (Å²) in [6, 6.07) is 13.1. The number of carbonyl (C=O) groups excluding carboxylic acids is 1. The third-order valence-corrected chi connectivity index (χ3v) is 5.39. The SMILES string of the molecule is CC(C)(C)CN1C(=O)C(CCCl)OC(c2ccccc2Cl)c2cc(Cl)ccc21. The van der Waals surface area contributed by atoms with Crippen molar-refractivity contribution in [3.05, 3.63) is 63.6 Å². The summed E-state index contributed by atoms with van der Waals surface area (Å²) in [7, 11) is 0. The number of nitrogens with zero attached hydrogens (tertiary/aromatic N) is 1. The Labute approximate surface area is 181 Å². The Morgan fingerprint density at radius 3 is 2.43 bits per heavy atom. The van der Waals surface area contributed by atoms with Crippen molar-refractivity contribution in [2.24, 2.45) is 5.41 Å². The Balaban J connectivity index is 2.20. The van der Waals surface area contributed by atoms with Gasteiger partial charge in [-0.05, 0) is 36.1 Å². The number of amides is 1. The molecule has 28 heavy (non-hydrogen) atoms. The van der Waals surface area contributed by atoms with E-state index in [0.29, 0.717) is 28.9 Å². The van der Waals surface area contributed by atoms with Crippen LogP contribution in [0.2, 0.25) is 10.0 Å². The number of benzene rings is 2. The van der Waals surface area contributed by atoms with Gasteiger partial charge < -0.3 is 9.64 Å². The fraction of sp³-hybridized carbons (Fsp3) is 0.409. The number of halogens is 3. The minimum atomic E-state index is -0.660. The molecule has 0 saturated heterocycles. The number of anilines is 1. The summed E-state index contributed by atoms with van der Waals surface area (Å²) in [4.78, 5) is 15.2. The van der Waals surface area contributed by atoms with Crippen molar-refractivity contribution in [3.8, 4) is 0 Å². The second-order valence-corrected chi connectivity index (χ2v) is 9.41. The van der Waals surface area contributed by atoms with Crippen molar-refractivity contribution in [2.75, 3.05) is 17.3 Å². The van der Waals surface area contributed by atoms with Gasteiger partial charge >= 0.3 is 0 Å². The molecule has 0 bridgehead atoms. The Morgan fingerprint density at radius 1 is 1.07 bits per heavy atom. The molecule has 1 amide bonds. The fourth-order valence-electron chi connectivity index (χ4n) is 3.43. The highest BCUT2D eigenvalue weighted by atomic mass is 35.5. The van der Waals surface area contributed by atoms with E-state index in [2.05, 4.69) is 20.8 Å². The van der Waals surface area contributed by atoms with Gasteiger partial charge in [0.25, 0.3) is 5.91 Å². The number of hydrogen-bond acceptors (Lipinski definition) is 2. The molecular weight excluding hydrogens is 417 g/mol. The summed E-state index contributed by atoms with van der Waals surface area (Å²) >= 11 is 18.8. The molecule has 0 spiro atoms. The highest BCUT2D eigenvalue weighted by molar-refractivity contribution is 6.31. The predicted molar refractivity (Wildman–Crippen MR) is 117 cm³/mol. The lowest BCUT2D eigenvalue weighted by Gasteiger charge is -2.31. The summed E-state index contributed by atoms with van der Waals surface area (Å²) in [5.41, 5.74) is 2.33. The molecule has 0 saturated carbocycles. The number of rotatable bonds is 4. The Hall–Kier alpha value is -1.26. The van der Waals surface area contributed by atoms with Gasteiger partial charge in [-0.25, -0.2) is 0 Å². The lowest BCUT2D eigenvalue weighted by molar-refractivity contribution is -0.132. The van der Waals surface area contributed by atoms with Crippen molar-refractivity contribution in [1.29, 1.82) is 0 Å². The van der Waals surface area contributed by atoms with Crippen LogP contribution in [0.1, 0.15) is 44.4 Å². The van der Waals surface area contributed by atoms with Crippen molar-refractivity contribution in [3.63, 3.8) is 0 Å². The second-order valence-electron chi connectivity index (χ2n) is 8.19. The molecule has 1 aliphatic rings. The number of carbonyl (C=O) groups is 1. The molecular formula is C22H24Cl3NO2. The molecule has 150 valence electrons. The molecule has 0 aliphatic carbocycles. The molecule has 1 aliphatic heterocycles. The summed E-state index contributed by atoms with van der Waals surface area (Å²) in [5.74, 6) is 0.236. The second kappa shape index (κ2) is 8.62. The number of fused-ring (bicyclic) bond motifs is 1. The van der Waals surface area contributed by atoms with Crippen LogP contribution in [0.25, 0.3) is 0 Å². The topological polar surface area (TPSA) is 29.5 Å². The summed E-state index contributed by atoms with van der Waals surface area (Å²) in [6.07, 6.45) is -0.749. The summed E-state index contributed by atoms with van der Waals surface area (Å²) < 4.78 is 6.34. The quantitative estimate of drug-likeness (QED) is 0.508. The first-order chi connectivity index (χ1) is 13.2. The zero-order valence-corrected chi connectivity index (χ0v) is 18.5. The maximum atomic E-state index is 13.4. The highest BCUT2D eigenvalue weighted by Crippen LogP contribution is 2.42. The maximum absolute atomic E-state index is 13.4. The molecule has 0 fully saturated rings. The van der Waals surface area contributed by atoms with Gasteiger partial charge in [0.2, 0.25) is 0 Å². The number of alkyl halides is 1. The van der Waals surface area contributed by atoms with Crippen molar-refractivity contribution >= 4 is 46.4 Å². The highest BCUT2D eigenvalue weighted by Gasteiger charge is 2.38. The minimum Gasteiger partial charge on any atom is -0.356 e. The molecule has 3 nitrogen and oxygen atoms in total. The van der Waals surface area contributed by atoms with Gasteiger partial charge in [-0.3, -0.25) is 4.79 Å². The van der Waals surface area contributed by atoms with Gasteiger partial charge in [-0.2, -0.15) is 0 Å². The first-order valence-electron chi connectivity index (χ1n) is 9.28. The summed E-state index contributed by atoms with van der Waals surface area (Å²) in [6.45, 7) is 6.86. The van der Waals surface area contributed by atoms with Crippen molar-refractivity contribution in [2.45, 2.75) is 39.4 Å². The molecule has 0 aromatic heterocycles. The normalized spacial score (nSPS) is 20.1. The molecule has 6 heteroatoms. The molecule has 2 aromatic rings. The van der Waals surface area contributed by atoms with Crippen LogP contribution in [0, 0.1) is 5.41 Å². The zero-order valence-electron chi connectivity index (χ0n) is 16.2. The Bertz CT molecular complexity index is 863. The predicted octanol–water partition coefficient (Wildman–Crippen LogP) is 6.49. The van der Waals surface area contributed by atoms with E-state index in [4.69, 9.17) is 39.5 Å². The van der Waals surface area contributed by atoms with Gasteiger partial charge in [-0.1, -0.05) is 62.2 Å². The van der Waals surface area contributed by atoms with Crippen LogP contribution < -0.4 is 4.90 Å². The van der Waals surface area contributed by atoms with E-state index in [1.165, 1.54) is 0 Å². The molecule has 2 unspecified atom stereocenters. The first-order valence-corrected chi connectivity index (χ1v) is 10.6. The van der Waals surface area contributed by atoms with Crippen LogP contribution >= 0.6 is 34.8 Å². The molecule has 2 aromatic carbocycles. The zero-order chi connectivity index (χ0) is 20.5. The van der Waals surface area contributed by atoms with Crippen LogP contribution in [0.15, 0.2) is 42.5 Å². The van der Waals surface area contributed by atoms with Crippen LogP contribution in [-0.4, -0.2) is 24.4 Å². The van der Waals surface area contributed by atoms with Crippen LogP contribution in [0.4, 0.5) is 5.69 Å². The van der Waals surface area contributed by atoms with E-state index in [1.807, 2.05) is 36.4 Å². The first kappa shape index (κ1) is 21.4. The van der Waals surface area contributed by atoms with E-state index in [9.17, 15) is 4.79 Å². The average molecular weight is 441 g/mol. The van der Waals surface area contributed by atoms with E-state index in [0.717, 1.165) is 16.8 Å². The van der Waals surface area contributed by atoms with Gasteiger partial charge in [-0.15, -0.1) is 11.6 Å². The molecule has 1 heterocycles. The lowest BCUT2D eigenvalue weighted by atomic mass is 9.94. The van der Waals surface area contributed by atoms with Crippen LogP contribution in [0.5, 0.6) is 0 Å².